The predicted octanol–water partition coefficient (Wildman–Crippen LogP) is 6.52. The third-order valence-corrected chi connectivity index (χ3v) is 5.58. The van der Waals surface area contributed by atoms with E-state index in [0.29, 0.717) is 5.78 Å². The van der Waals surface area contributed by atoms with Crippen molar-refractivity contribution in [1.29, 1.82) is 0 Å². The monoisotopic (exact) mass is 394 g/mol. The van der Waals surface area contributed by atoms with E-state index in [2.05, 4.69) is 31.9 Å². The van der Waals surface area contributed by atoms with Crippen LogP contribution in [0, 0.1) is 0 Å². The predicted molar refractivity (Wildman–Crippen MR) is 90.2 cm³/mol. The normalized spacial score (nSPS) is 25.1. The smallest absolute Gasteiger partial charge is 0.132 e. The molecule has 1 fully saturated rings. The highest BCUT2D eigenvalue weighted by atomic mass is 79.9. The zero-order valence-electron chi connectivity index (χ0n) is 12.1. The maximum absolute atomic E-state index is 11.6. The van der Waals surface area contributed by atoms with Crippen molar-refractivity contribution in [3.05, 3.63) is 0 Å². The van der Waals surface area contributed by atoms with Gasteiger partial charge in [0.25, 0.3) is 0 Å². The average molecular weight is 396 g/mol. The van der Waals surface area contributed by atoms with E-state index in [0.717, 1.165) is 25.7 Å². The van der Waals surface area contributed by atoms with Crippen molar-refractivity contribution in [3.63, 3.8) is 0 Å². The number of halogens is 2. The summed E-state index contributed by atoms with van der Waals surface area (Å²) < 4.78 is 0.174. The molecule has 0 radical (unpaired) electrons. The summed E-state index contributed by atoms with van der Waals surface area (Å²) in [7, 11) is 0. The van der Waals surface area contributed by atoms with E-state index >= 15 is 0 Å². The van der Waals surface area contributed by atoms with Gasteiger partial charge in [0.2, 0.25) is 0 Å². The molecule has 3 heteroatoms. The molecule has 1 nitrogen and oxygen atoms in total. The summed E-state index contributed by atoms with van der Waals surface area (Å²) in [6.07, 6.45) is 16.5. The molecule has 0 spiro atoms. The van der Waals surface area contributed by atoms with E-state index in [1.807, 2.05) is 0 Å². The zero-order valence-corrected chi connectivity index (χ0v) is 15.2. The molecule has 0 heterocycles. The highest BCUT2D eigenvalue weighted by Crippen LogP contribution is 2.37. The highest BCUT2D eigenvalue weighted by molar-refractivity contribution is 9.25. The number of alkyl halides is 2. The molecule has 112 valence electrons. The van der Waals surface area contributed by atoms with Crippen LogP contribution in [0.1, 0.15) is 89.9 Å². The number of carbonyl (C=O) groups excluding carboxylic acids is 1. The van der Waals surface area contributed by atoms with Crippen LogP contribution < -0.4 is 0 Å². The number of hydrogen-bond acceptors (Lipinski definition) is 1. The van der Waals surface area contributed by atoms with Crippen LogP contribution >= 0.6 is 31.9 Å². The Morgan fingerprint density at radius 2 is 1.00 bits per heavy atom. The molecular formula is C16H28Br2O. The first-order valence-corrected chi connectivity index (χ1v) is 9.58. The average Bonchev–Trinajstić information content (AvgIpc) is 2.35. The van der Waals surface area contributed by atoms with Gasteiger partial charge in [0.15, 0.2) is 0 Å². The summed E-state index contributed by atoms with van der Waals surface area (Å²) in [4.78, 5) is 11.6. The van der Waals surface area contributed by atoms with Gasteiger partial charge in [-0.15, -0.1) is 0 Å². The van der Waals surface area contributed by atoms with Crippen LogP contribution in [-0.2, 0) is 4.79 Å². The lowest BCUT2D eigenvalue weighted by Crippen LogP contribution is -2.10. The van der Waals surface area contributed by atoms with E-state index in [9.17, 15) is 4.79 Å². The van der Waals surface area contributed by atoms with Gasteiger partial charge in [0.05, 0.1) is 3.23 Å². The SMILES string of the molecule is O=C1CCCCCCCC(Br)(Br)CCCCCCC1. The van der Waals surface area contributed by atoms with Crippen LogP contribution in [-0.4, -0.2) is 9.02 Å². The van der Waals surface area contributed by atoms with Crippen LogP contribution in [0.5, 0.6) is 0 Å². The Labute approximate surface area is 135 Å². The summed E-state index contributed by atoms with van der Waals surface area (Å²) in [5.41, 5.74) is 0. The van der Waals surface area contributed by atoms with Gasteiger partial charge in [-0.05, 0) is 25.7 Å². The van der Waals surface area contributed by atoms with Crippen LogP contribution in [0.3, 0.4) is 0 Å². The van der Waals surface area contributed by atoms with Crippen LogP contribution in [0.15, 0.2) is 0 Å². The van der Waals surface area contributed by atoms with Gasteiger partial charge >= 0.3 is 0 Å². The lowest BCUT2D eigenvalue weighted by Gasteiger charge is -2.20. The molecule has 0 amide bonds. The summed E-state index contributed by atoms with van der Waals surface area (Å²) >= 11 is 7.65. The molecule has 0 bridgehead atoms. The fourth-order valence-electron chi connectivity index (χ4n) is 2.72. The molecule has 1 aliphatic carbocycles. The van der Waals surface area contributed by atoms with Crippen LogP contribution in [0.2, 0.25) is 0 Å². The Kier molecular flexibility index (Phi) is 9.65. The molecule has 0 aromatic heterocycles. The van der Waals surface area contributed by atoms with Gasteiger partial charge in [0.1, 0.15) is 5.78 Å². The molecule has 1 rings (SSSR count). The lowest BCUT2D eigenvalue weighted by molar-refractivity contribution is -0.119. The maximum atomic E-state index is 11.6. The lowest BCUT2D eigenvalue weighted by atomic mass is 10.0. The first-order valence-electron chi connectivity index (χ1n) is 8.00. The maximum Gasteiger partial charge on any atom is 0.132 e. The van der Waals surface area contributed by atoms with Crippen molar-refractivity contribution in [1.82, 2.24) is 0 Å². The van der Waals surface area contributed by atoms with Gasteiger partial charge < -0.3 is 0 Å². The van der Waals surface area contributed by atoms with Crippen molar-refractivity contribution in [2.45, 2.75) is 93.1 Å². The second-order valence-electron chi connectivity index (χ2n) is 5.93. The van der Waals surface area contributed by atoms with Crippen molar-refractivity contribution in [3.8, 4) is 0 Å². The van der Waals surface area contributed by atoms with Crippen molar-refractivity contribution >= 4 is 37.6 Å². The third kappa shape index (κ3) is 10.1. The van der Waals surface area contributed by atoms with E-state index in [4.69, 9.17) is 0 Å². The molecule has 1 aliphatic rings. The third-order valence-electron chi connectivity index (χ3n) is 4.00. The Hall–Kier alpha value is 0.630. The quantitative estimate of drug-likeness (QED) is 0.426. The number of rotatable bonds is 0. The molecule has 0 aromatic rings. The number of hydrogen-bond donors (Lipinski definition) is 0. The topological polar surface area (TPSA) is 17.1 Å². The largest absolute Gasteiger partial charge is 0.300 e. The zero-order chi connectivity index (χ0) is 14.0. The fraction of sp³-hybridized carbons (Fsp3) is 0.938. The van der Waals surface area contributed by atoms with Gasteiger partial charge in [0, 0.05) is 12.8 Å². The molecule has 0 aromatic carbocycles. The molecule has 0 atom stereocenters. The van der Waals surface area contributed by atoms with Gasteiger partial charge in [-0.1, -0.05) is 83.2 Å². The second kappa shape index (κ2) is 10.4. The number of Topliss-reactive ketones (excluding diaryl/α,β-unsaturated/α-hetero) is 1. The molecule has 0 saturated heterocycles. The molecule has 0 unspecified atom stereocenters. The highest BCUT2D eigenvalue weighted by Gasteiger charge is 2.21. The van der Waals surface area contributed by atoms with Crippen LogP contribution in [0.25, 0.3) is 0 Å². The van der Waals surface area contributed by atoms with Crippen LogP contribution in [0.4, 0.5) is 0 Å². The van der Waals surface area contributed by atoms with E-state index < -0.39 is 0 Å². The van der Waals surface area contributed by atoms with E-state index in [-0.39, 0.29) is 3.23 Å². The molecule has 0 N–H and O–H groups in total. The standard InChI is InChI=1S/C16H28Br2O/c17-16(18)13-9-5-1-3-7-11-15(19)12-8-4-2-6-10-14-16/h1-14H2. The summed E-state index contributed by atoms with van der Waals surface area (Å²) in [6, 6.07) is 0. The number of carbonyl (C=O) groups is 1. The van der Waals surface area contributed by atoms with Gasteiger partial charge in [-0.25, -0.2) is 0 Å². The second-order valence-corrected chi connectivity index (χ2v) is 10.0. The summed E-state index contributed by atoms with van der Waals surface area (Å²) in [5.74, 6) is 0.493. The molecule has 19 heavy (non-hydrogen) atoms. The van der Waals surface area contributed by atoms with Gasteiger partial charge in [-0.2, -0.15) is 0 Å². The molecular weight excluding hydrogens is 368 g/mol. The minimum absolute atomic E-state index is 0.174. The van der Waals surface area contributed by atoms with Crippen molar-refractivity contribution < 1.29 is 4.79 Å². The van der Waals surface area contributed by atoms with Gasteiger partial charge in [-0.3, -0.25) is 4.79 Å². The Morgan fingerprint density at radius 1 is 0.632 bits per heavy atom. The molecule has 1 saturated carbocycles. The summed E-state index contributed by atoms with van der Waals surface area (Å²) in [6.45, 7) is 0. The minimum Gasteiger partial charge on any atom is -0.300 e. The van der Waals surface area contributed by atoms with E-state index in [1.165, 1.54) is 64.2 Å². The Bertz CT molecular complexity index is 229. The fourth-order valence-corrected chi connectivity index (χ4v) is 3.84. The summed E-state index contributed by atoms with van der Waals surface area (Å²) in [5, 5.41) is 0. The first-order chi connectivity index (χ1) is 9.10. The minimum atomic E-state index is 0.174. The van der Waals surface area contributed by atoms with E-state index in [1.54, 1.807) is 0 Å². The van der Waals surface area contributed by atoms with Crippen molar-refractivity contribution in [2.75, 3.05) is 0 Å². The van der Waals surface area contributed by atoms with Crippen molar-refractivity contribution in [2.24, 2.45) is 0 Å². The Balaban J connectivity index is 2.28. The number of ketones is 1. The first kappa shape index (κ1) is 17.7. The molecule has 0 aliphatic heterocycles. The Morgan fingerprint density at radius 3 is 1.47 bits per heavy atom.